The maximum atomic E-state index is 14.2. The molecule has 220 valence electrons. The van der Waals surface area contributed by atoms with Crippen molar-refractivity contribution in [3.05, 3.63) is 132 Å². The van der Waals surface area contributed by atoms with Gasteiger partial charge in [-0.05, 0) is 46.8 Å². The summed E-state index contributed by atoms with van der Waals surface area (Å²) in [6, 6.07) is 29.6. The van der Waals surface area contributed by atoms with Gasteiger partial charge in [-0.25, -0.2) is 18.2 Å². The van der Waals surface area contributed by atoms with Gasteiger partial charge in [0.05, 0.1) is 6.20 Å². The fourth-order valence-electron chi connectivity index (χ4n) is 5.54. The first-order valence-electron chi connectivity index (χ1n) is 13.6. The second kappa shape index (κ2) is 12.1. The van der Waals surface area contributed by atoms with E-state index >= 15 is 0 Å². The first-order valence-corrected chi connectivity index (χ1v) is 13.6. The fraction of sp³-hybridized carbons (Fsp3) is 0.0857. The van der Waals surface area contributed by atoms with E-state index in [1.54, 1.807) is 41.3 Å². The zero-order valence-electron chi connectivity index (χ0n) is 23.3. The van der Waals surface area contributed by atoms with Gasteiger partial charge in [-0.2, -0.15) is 17.2 Å². The molecule has 0 spiro atoms. The van der Waals surface area contributed by atoms with Crippen LogP contribution in [0.4, 0.5) is 13.2 Å². The van der Waals surface area contributed by atoms with Crippen molar-refractivity contribution < 1.29 is 39.0 Å². The number of ether oxygens (including phenoxy) is 1. The fourth-order valence-corrected chi connectivity index (χ4v) is 5.54. The number of nitrogens with zero attached hydrogens (tertiary/aromatic N) is 4. The molecule has 5 nitrogen and oxygen atoms in total. The molecule has 0 amide bonds. The molecule has 4 aromatic carbocycles. The molecule has 7 aromatic rings. The van der Waals surface area contributed by atoms with E-state index in [1.165, 1.54) is 18.3 Å². The molecule has 0 saturated heterocycles. The molecule has 9 heteroatoms. The van der Waals surface area contributed by atoms with Gasteiger partial charge in [0.15, 0.2) is 0 Å². The van der Waals surface area contributed by atoms with E-state index in [0.29, 0.717) is 50.8 Å². The van der Waals surface area contributed by atoms with E-state index in [4.69, 9.17) is 4.74 Å². The SMILES string of the molecule is Cc1cc(CF)c(-c2cnn(-c3[c-]c(Oc4[c-]c5c(cc4)c4ccccc4n5-c4cc(F)ccn4)ccc3)c2)c(CF)c1.[Pt+2]. The molecular weight excluding hydrogens is 744 g/mol. The average molecular weight is 768 g/mol. The summed E-state index contributed by atoms with van der Waals surface area (Å²) in [6.07, 6.45) is 4.74. The van der Waals surface area contributed by atoms with Gasteiger partial charge in [0, 0.05) is 41.0 Å². The number of para-hydroxylation sites is 1. The van der Waals surface area contributed by atoms with E-state index in [9.17, 15) is 13.2 Å². The molecule has 0 aliphatic rings. The van der Waals surface area contributed by atoms with Crippen LogP contribution in [0.1, 0.15) is 16.7 Å². The number of hydrogen-bond acceptors (Lipinski definition) is 3. The van der Waals surface area contributed by atoms with Crippen molar-refractivity contribution in [2.45, 2.75) is 20.3 Å². The summed E-state index contributed by atoms with van der Waals surface area (Å²) < 4.78 is 51.5. The van der Waals surface area contributed by atoms with Gasteiger partial charge in [0.1, 0.15) is 25.0 Å². The van der Waals surface area contributed by atoms with Crippen LogP contribution in [0.2, 0.25) is 0 Å². The molecule has 44 heavy (non-hydrogen) atoms. The van der Waals surface area contributed by atoms with Crippen LogP contribution in [-0.2, 0) is 34.4 Å². The van der Waals surface area contributed by atoms with Gasteiger partial charge in [-0.1, -0.05) is 41.4 Å². The van der Waals surface area contributed by atoms with Crippen molar-refractivity contribution in [3.63, 3.8) is 0 Å². The van der Waals surface area contributed by atoms with E-state index in [1.807, 2.05) is 54.0 Å². The van der Waals surface area contributed by atoms with E-state index in [0.717, 1.165) is 21.9 Å². The van der Waals surface area contributed by atoms with Gasteiger partial charge in [0.25, 0.3) is 0 Å². The number of fused-ring (bicyclic) bond motifs is 3. The van der Waals surface area contributed by atoms with Crippen molar-refractivity contribution in [1.82, 2.24) is 19.3 Å². The van der Waals surface area contributed by atoms with Crippen molar-refractivity contribution in [2.75, 3.05) is 0 Å². The zero-order valence-corrected chi connectivity index (χ0v) is 25.6. The van der Waals surface area contributed by atoms with Crippen LogP contribution >= 0.6 is 0 Å². The van der Waals surface area contributed by atoms with Gasteiger partial charge in [0.2, 0.25) is 0 Å². The van der Waals surface area contributed by atoms with E-state index in [-0.39, 0.29) is 26.9 Å². The van der Waals surface area contributed by atoms with Gasteiger partial charge in [-0.15, -0.1) is 35.7 Å². The molecule has 0 N–H and O–H groups in total. The van der Waals surface area contributed by atoms with Crippen LogP contribution in [0.25, 0.3) is 44.4 Å². The second-order valence-electron chi connectivity index (χ2n) is 10.2. The second-order valence-corrected chi connectivity index (χ2v) is 10.2. The third kappa shape index (κ3) is 5.31. The number of aryl methyl sites for hydroxylation is 1. The van der Waals surface area contributed by atoms with Crippen LogP contribution < -0.4 is 4.74 Å². The largest absolute Gasteiger partial charge is 2.00 e. The third-order valence-electron chi connectivity index (χ3n) is 7.32. The van der Waals surface area contributed by atoms with Crippen LogP contribution in [0.3, 0.4) is 0 Å². The Hall–Kier alpha value is -4.68. The Morgan fingerprint density at radius 2 is 1.61 bits per heavy atom. The minimum atomic E-state index is -0.709. The normalized spacial score (nSPS) is 11.2. The predicted molar refractivity (Wildman–Crippen MR) is 160 cm³/mol. The van der Waals surface area contributed by atoms with E-state index < -0.39 is 13.3 Å². The third-order valence-corrected chi connectivity index (χ3v) is 7.32. The van der Waals surface area contributed by atoms with Gasteiger partial charge < -0.3 is 9.30 Å². The number of pyridine rings is 1. The molecule has 3 aromatic heterocycles. The first kappa shape index (κ1) is 29.4. The van der Waals surface area contributed by atoms with Crippen LogP contribution in [0.15, 0.2) is 97.5 Å². The molecule has 0 unspecified atom stereocenters. The molecule has 0 atom stereocenters. The zero-order chi connectivity index (χ0) is 29.5. The maximum Gasteiger partial charge on any atom is 2.00 e. The van der Waals surface area contributed by atoms with Crippen molar-refractivity contribution in [2.24, 2.45) is 0 Å². The molecule has 0 radical (unpaired) electrons. The Morgan fingerprint density at radius 1 is 0.841 bits per heavy atom. The summed E-state index contributed by atoms with van der Waals surface area (Å²) in [5.74, 6) is 0.895. The standard InChI is InChI=1S/C35H23F3N4O.Pt/c1-22-13-23(18-36)35(24(14-22)19-37)25-20-40-41(21-25)27-5-4-6-28(16-27)43-29-9-10-31-30-7-2-3-8-32(30)42(33(31)17-29)34-15-26(38)11-12-39-34;/h2-15,20-21H,18-19H2,1H3;/q-2;+2. The van der Waals surface area contributed by atoms with Crippen molar-refractivity contribution in [3.8, 4) is 34.1 Å². The molecular formula is C35H23F3N4OPt. The predicted octanol–water partition coefficient (Wildman–Crippen LogP) is 8.81. The quantitative estimate of drug-likeness (QED) is 0.153. The van der Waals surface area contributed by atoms with Crippen LogP contribution in [0, 0.1) is 24.9 Å². The Bertz CT molecular complexity index is 2110. The summed E-state index contributed by atoms with van der Waals surface area (Å²) in [7, 11) is 0. The Balaban J connectivity index is 0.00000343. The number of alkyl halides is 2. The molecule has 0 aliphatic carbocycles. The average Bonchev–Trinajstić information content (AvgIpc) is 3.64. The summed E-state index contributed by atoms with van der Waals surface area (Å²) in [5.41, 5.74) is 4.91. The summed E-state index contributed by atoms with van der Waals surface area (Å²) in [6.45, 7) is 0.401. The first-order chi connectivity index (χ1) is 21.0. The minimum Gasteiger partial charge on any atom is -0.509 e. The van der Waals surface area contributed by atoms with Crippen molar-refractivity contribution in [1.29, 1.82) is 0 Å². The van der Waals surface area contributed by atoms with E-state index in [2.05, 4.69) is 22.2 Å². The van der Waals surface area contributed by atoms with Crippen LogP contribution in [-0.4, -0.2) is 19.3 Å². The topological polar surface area (TPSA) is 44.9 Å². The number of benzene rings is 4. The Kier molecular flexibility index (Phi) is 8.11. The monoisotopic (exact) mass is 767 g/mol. The molecule has 0 aliphatic heterocycles. The number of aromatic nitrogens is 4. The minimum absolute atomic E-state index is 0. The van der Waals surface area contributed by atoms with Crippen molar-refractivity contribution >= 4 is 21.8 Å². The van der Waals surface area contributed by atoms with Gasteiger partial charge >= 0.3 is 21.1 Å². The smallest absolute Gasteiger partial charge is 0.509 e. The van der Waals surface area contributed by atoms with Crippen LogP contribution in [0.5, 0.6) is 11.5 Å². The van der Waals surface area contributed by atoms with Gasteiger partial charge in [-0.3, -0.25) is 4.68 Å². The molecule has 7 rings (SSSR count). The number of hydrogen-bond donors (Lipinski definition) is 0. The number of rotatable bonds is 7. The molecule has 0 saturated carbocycles. The summed E-state index contributed by atoms with van der Waals surface area (Å²) in [5, 5.41) is 6.34. The maximum absolute atomic E-state index is 14.2. The Labute approximate surface area is 265 Å². The molecule has 0 bridgehead atoms. The number of halogens is 3. The summed E-state index contributed by atoms with van der Waals surface area (Å²) >= 11 is 0. The Morgan fingerprint density at radius 3 is 2.39 bits per heavy atom. The molecule has 0 fully saturated rings. The summed E-state index contributed by atoms with van der Waals surface area (Å²) in [4.78, 5) is 4.40. The molecule has 3 heterocycles.